The van der Waals surface area contributed by atoms with Crippen molar-refractivity contribution in [3.8, 4) is 0 Å². The minimum atomic E-state index is 0.525. The molecule has 1 aliphatic carbocycles. The van der Waals surface area contributed by atoms with E-state index >= 15 is 0 Å². The van der Waals surface area contributed by atoms with Gasteiger partial charge in [0.15, 0.2) is 0 Å². The SMILES string of the molecule is C=C/C(C=O)=C1/C(C)CCC(C(C)C)C[C@H]1CC. The minimum Gasteiger partial charge on any atom is -0.298 e. The zero-order valence-electron chi connectivity index (χ0n) is 12.4. The number of aldehydes is 1. The standard InChI is InChI=1S/C17H28O/c1-6-14-10-16(12(3)4)9-8-13(5)17(14)15(7-2)11-18/h7,11-14,16H,2,6,8-10H2,1,3-5H3/b17-15+/t13?,14-,16?/m1/s1. The lowest BCUT2D eigenvalue weighted by Crippen LogP contribution is -2.14. The highest BCUT2D eigenvalue weighted by molar-refractivity contribution is 5.78. The summed E-state index contributed by atoms with van der Waals surface area (Å²) in [4.78, 5) is 11.2. The Morgan fingerprint density at radius 1 is 1.44 bits per heavy atom. The Kier molecular flexibility index (Phi) is 5.84. The average Bonchev–Trinajstić information content (AvgIpc) is 2.51. The van der Waals surface area contributed by atoms with Gasteiger partial charge in [-0.25, -0.2) is 0 Å². The molecule has 1 aliphatic rings. The van der Waals surface area contributed by atoms with Gasteiger partial charge in [-0.1, -0.05) is 45.9 Å². The molecule has 0 aromatic carbocycles. The van der Waals surface area contributed by atoms with Gasteiger partial charge < -0.3 is 0 Å². The van der Waals surface area contributed by atoms with Gasteiger partial charge in [-0.15, -0.1) is 0 Å². The van der Waals surface area contributed by atoms with Crippen molar-refractivity contribution in [3.05, 3.63) is 23.8 Å². The molecule has 2 unspecified atom stereocenters. The molecule has 1 saturated carbocycles. The molecule has 1 rings (SSSR count). The molecule has 0 radical (unpaired) electrons. The molecular weight excluding hydrogens is 220 g/mol. The highest BCUT2D eigenvalue weighted by atomic mass is 16.1. The van der Waals surface area contributed by atoms with Crippen LogP contribution >= 0.6 is 0 Å². The quantitative estimate of drug-likeness (QED) is 0.397. The van der Waals surface area contributed by atoms with Crippen LogP contribution in [-0.4, -0.2) is 6.29 Å². The summed E-state index contributed by atoms with van der Waals surface area (Å²) in [5, 5.41) is 0. The number of carbonyl (C=O) groups is 1. The first-order valence-corrected chi connectivity index (χ1v) is 7.36. The molecule has 1 fully saturated rings. The summed E-state index contributed by atoms with van der Waals surface area (Å²) in [5.41, 5.74) is 2.21. The summed E-state index contributed by atoms with van der Waals surface area (Å²) in [6, 6.07) is 0. The molecule has 1 nitrogen and oxygen atoms in total. The van der Waals surface area contributed by atoms with E-state index in [4.69, 9.17) is 0 Å². The molecule has 3 atom stereocenters. The van der Waals surface area contributed by atoms with Crippen molar-refractivity contribution in [2.45, 2.75) is 53.4 Å². The van der Waals surface area contributed by atoms with E-state index in [-0.39, 0.29) is 0 Å². The van der Waals surface area contributed by atoms with E-state index in [0.29, 0.717) is 11.8 Å². The van der Waals surface area contributed by atoms with Gasteiger partial charge >= 0.3 is 0 Å². The fourth-order valence-corrected chi connectivity index (χ4v) is 3.38. The van der Waals surface area contributed by atoms with Crippen LogP contribution in [0.2, 0.25) is 0 Å². The van der Waals surface area contributed by atoms with E-state index in [1.807, 2.05) is 0 Å². The molecule has 0 saturated heterocycles. The van der Waals surface area contributed by atoms with E-state index in [0.717, 1.165) is 30.1 Å². The summed E-state index contributed by atoms with van der Waals surface area (Å²) < 4.78 is 0. The molecule has 0 bridgehead atoms. The lowest BCUT2D eigenvalue weighted by Gasteiger charge is -2.25. The van der Waals surface area contributed by atoms with Gasteiger partial charge in [-0.3, -0.25) is 4.79 Å². The lowest BCUT2D eigenvalue weighted by molar-refractivity contribution is -0.104. The van der Waals surface area contributed by atoms with Crippen LogP contribution in [0.25, 0.3) is 0 Å². The Morgan fingerprint density at radius 2 is 2.11 bits per heavy atom. The number of carbonyl (C=O) groups excluding carboxylic acids is 1. The van der Waals surface area contributed by atoms with Gasteiger partial charge in [0.2, 0.25) is 0 Å². The first-order chi connectivity index (χ1) is 8.54. The van der Waals surface area contributed by atoms with Crippen molar-refractivity contribution in [2.24, 2.45) is 23.7 Å². The van der Waals surface area contributed by atoms with E-state index in [9.17, 15) is 4.79 Å². The topological polar surface area (TPSA) is 17.1 Å². The van der Waals surface area contributed by atoms with E-state index < -0.39 is 0 Å². The smallest absolute Gasteiger partial charge is 0.150 e. The van der Waals surface area contributed by atoms with Gasteiger partial charge in [0, 0.05) is 5.57 Å². The third kappa shape index (κ3) is 3.34. The van der Waals surface area contributed by atoms with E-state index in [2.05, 4.69) is 34.3 Å². The number of allylic oxidation sites excluding steroid dienone is 3. The molecule has 0 aromatic rings. The molecule has 0 spiro atoms. The molecular formula is C17H28O. The van der Waals surface area contributed by atoms with E-state index in [1.165, 1.54) is 24.8 Å². The van der Waals surface area contributed by atoms with Crippen LogP contribution in [0.3, 0.4) is 0 Å². The second-order valence-corrected chi connectivity index (χ2v) is 6.06. The van der Waals surface area contributed by atoms with E-state index in [1.54, 1.807) is 6.08 Å². The second-order valence-electron chi connectivity index (χ2n) is 6.06. The zero-order chi connectivity index (χ0) is 13.7. The average molecular weight is 248 g/mol. The second kappa shape index (κ2) is 6.92. The first-order valence-electron chi connectivity index (χ1n) is 7.36. The predicted octanol–water partition coefficient (Wildman–Crippen LogP) is 4.79. The maximum atomic E-state index is 11.2. The lowest BCUT2D eigenvalue weighted by atomic mass is 9.80. The first kappa shape index (κ1) is 15.2. The van der Waals surface area contributed by atoms with Gasteiger partial charge in [-0.05, 0) is 49.4 Å². The highest BCUT2D eigenvalue weighted by Gasteiger charge is 2.29. The zero-order valence-corrected chi connectivity index (χ0v) is 12.4. The van der Waals surface area contributed by atoms with Crippen molar-refractivity contribution in [1.82, 2.24) is 0 Å². The van der Waals surface area contributed by atoms with Crippen LogP contribution in [0.5, 0.6) is 0 Å². The number of hydrogen-bond donors (Lipinski definition) is 0. The molecule has 0 heterocycles. The summed E-state index contributed by atoms with van der Waals surface area (Å²) in [5.74, 6) is 2.63. The van der Waals surface area contributed by atoms with Gasteiger partial charge in [0.25, 0.3) is 0 Å². The number of hydrogen-bond acceptors (Lipinski definition) is 1. The largest absolute Gasteiger partial charge is 0.298 e. The van der Waals surface area contributed by atoms with Crippen LogP contribution in [-0.2, 0) is 4.79 Å². The Labute approximate surface area is 112 Å². The molecule has 0 aliphatic heterocycles. The maximum Gasteiger partial charge on any atom is 0.150 e. The Morgan fingerprint density at radius 3 is 2.56 bits per heavy atom. The van der Waals surface area contributed by atoms with Crippen molar-refractivity contribution >= 4 is 6.29 Å². The van der Waals surface area contributed by atoms with Gasteiger partial charge in [-0.2, -0.15) is 0 Å². The third-order valence-electron chi connectivity index (χ3n) is 4.64. The van der Waals surface area contributed by atoms with Crippen LogP contribution in [0.15, 0.2) is 23.8 Å². The summed E-state index contributed by atoms with van der Waals surface area (Å²) >= 11 is 0. The van der Waals surface area contributed by atoms with Gasteiger partial charge in [0.05, 0.1) is 0 Å². The minimum absolute atomic E-state index is 0.525. The summed E-state index contributed by atoms with van der Waals surface area (Å²) in [6.45, 7) is 13.0. The van der Waals surface area contributed by atoms with Crippen LogP contribution < -0.4 is 0 Å². The van der Waals surface area contributed by atoms with Crippen LogP contribution in [0, 0.1) is 23.7 Å². The fraction of sp³-hybridized carbons (Fsp3) is 0.706. The predicted molar refractivity (Wildman–Crippen MR) is 78.4 cm³/mol. The number of rotatable bonds is 4. The van der Waals surface area contributed by atoms with Crippen LogP contribution in [0.1, 0.15) is 53.4 Å². The van der Waals surface area contributed by atoms with Crippen molar-refractivity contribution in [2.75, 3.05) is 0 Å². The fourth-order valence-electron chi connectivity index (χ4n) is 3.38. The van der Waals surface area contributed by atoms with Crippen molar-refractivity contribution < 1.29 is 4.79 Å². The molecule has 18 heavy (non-hydrogen) atoms. The maximum absolute atomic E-state index is 11.2. The molecule has 0 N–H and O–H groups in total. The highest BCUT2D eigenvalue weighted by Crippen LogP contribution is 2.41. The van der Waals surface area contributed by atoms with Gasteiger partial charge in [0.1, 0.15) is 6.29 Å². The molecule has 102 valence electrons. The van der Waals surface area contributed by atoms with Crippen molar-refractivity contribution in [1.29, 1.82) is 0 Å². The van der Waals surface area contributed by atoms with Crippen molar-refractivity contribution in [3.63, 3.8) is 0 Å². The molecule has 0 amide bonds. The molecule has 0 aromatic heterocycles. The van der Waals surface area contributed by atoms with Crippen LogP contribution in [0.4, 0.5) is 0 Å². The Hall–Kier alpha value is -0.850. The summed E-state index contributed by atoms with van der Waals surface area (Å²) in [7, 11) is 0. The Balaban J connectivity index is 3.11. The monoisotopic (exact) mass is 248 g/mol. The Bertz CT molecular complexity index is 315. The summed E-state index contributed by atoms with van der Waals surface area (Å²) in [6.07, 6.45) is 7.61. The normalized spacial score (nSPS) is 31.9. The molecule has 1 heteroatoms. The third-order valence-corrected chi connectivity index (χ3v) is 4.64.